The summed E-state index contributed by atoms with van der Waals surface area (Å²) in [6.45, 7) is 1.48. The van der Waals surface area contributed by atoms with Gasteiger partial charge in [0.05, 0.1) is 0 Å². The fourth-order valence-corrected chi connectivity index (χ4v) is 3.05. The highest BCUT2D eigenvalue weighted by Crippen LogP contribution is 2.32. The molecule has 1 amide bonds. The molecule has 1 N–H and O–H groups in total. The number of nitrogens with zero attached hydrogens (tertiary/aromatic N) is 3. The molecule has 0 saturated carbocycles. The van der Waals surface area contributed by atoms with Gasteiger partial charge in [-0.1, -0.05) is 54.1 Å². The second-order valence-electron chi connectivity index (χ2n) is 7.13. The monoisotopic (exact) mass is 454 g/mol. The zero-order chi connectivity index (χ0) is 23.1. The highest BCUT2D eigenvalue weighted by molar-refractivity contribution is 6.31. The molecule has 166 valence electrons. The summed E-state index contributed by atoms with van der Waals surface area (Å²) in [7, 11) is 3.54. The van der Waals surface area contributed by atoms with Crippen LogP contribution in [0.4, 0.5) is 16.3 Å². The van der Waals surface area contributed by atoms with Crippen molar-refractivity contribution in [1.82, 2.24) is 9.97 Å². The van der Waals surface area contributed by atoms with Crippen molar-refractivity contribution in [3.8, 4) is 5.75 Å². The van der Waals surface area contributed by atoms with E-state index < -0.39 is 12.1 Å². The SMILES string of the molecule is CC(=O)Oc1c(Cl)nc(Cc2ccc(NC(=O)OCc3ccccc3)cc2)nc1N(C)C. The Hall–Kier alpha value is -3.65. The van der Waals surface area contributed by atoms with Crippen molar-refractivity contribution >= 4 is 35.2 Å². The standard InChI is InChI=1S/C23H23ClN4O4/c1-15(29)32-20-21(24)26-19(27-22(20)28(2)3)13-16-9-11-18(12-10-16)25-23(30)31-14-17-7-5-4-6-8-17/h4-12H,13-14H2,1-3H3,(H,25,30). The first kappa shape index (κ1) is 23.0. The van der Waals surface area contributed by atoms with E-state index in [1.165, 1.54) is 6.92 Å². The molecular weight excluding hydrogens is 432 g/mol. The summed E-state index contributed by atoms with van der Waals surface area (Å²) in [4.78, 5) is 33.8. The van der Waals surface area contributed by atoms with Gasteiger partial charge in [0.25, 0.3) is 0 Å². The average molecular weight is 455 g/mol. The van der Waals surface area contributed by atoms with Gasteiger partial charge in [0, 0.05) is 33.1 Å². The Balaban J connectivity index is 1.64. The van der Waals surface area contributed by atoms with E-state index in [1.807, 2.05) is 42.5 Å². The third kappa shape index (κ3) is 6.42. The molecular formula is C23H23ClN4O4. The summed E-state index contributed by atoms with van der Waals surface area (Å²) in [5, 5.41) is 2.76. The van der Waals surface area contributed by atoms with Crippen LogP contribution in [0.25, 0.3) is 0 Å². The van der Waals surface area contributed by atoms with E-state index in [0.717, 1.165) is 11.1 Å². The van der Waals surface area contributed by atoms with E-state index in [-0.39, 0.29) is 17.5 Å². The molecule has 0 unspecified atom stereocenters. The summed E-state index contributed by atoms with van der Waals surface area (Å²) in [5.41, 5.74) is 2.42. The van der Waals surface area contributed by atoms with Gasteiger partial charge in [0.1, 0.15) is 12.4 Å². The molecule has 0 aliphatic carbocycles. The minimum atomic E-state index is -0.534. The maximum absolute atomic E-state index is 12.0. The van der Waals surface area contributed by atoms with Crippen LogP contribution in [-0.2, 0) is 22.6 Å². The minimum absolute atomic E-state index is 0.0633. The number of aromatic nitrogens is 2. The van der Waals surface area contributed by atoms with Crippen LogP contribution in [0.3, 0.4) is 0 Å². The van der Waals surface area contributed by atoms with Gasteiger partial charge in [-0.2, -0.15) is 0 Å². The fourth-order valence-electron chi connectivity index (χ4n) is 2.83. The topological polar surface area (TPSA) is 93.6 Å². The summed E-state index contributed by atoms with van der Waals surface area (Å²) in [6.07, 6.45) is -0.131. The van der Waals surface area contributed by atoms with E-state index >= 15 is 0 Å². The van der Waals surface area contributed by atoms with Crippen LogP contribution in [0.1, 0.15) is 23.9 Å². The van der Waals surface area contributed by atoms with Crippen molar-refractivity contribution in [2.75, 3.05) is 24.3 Å². The third-order valence-electron chi connectivity index (χ3n) is 4.30. The number of carbonyl (C=O) groups excluding carboxylic acids is 2. The Morgan fingerprint density at radius 3 is 2.31 bits per heavy atom. The van der Waals surface area contributed by atoms with Crippen LogP contribution in [0, 0.1) is 0 Å². The number of rotatable bonds is 7. The Bertz CT molecular complexity index is 1090. The van der Waals surface area contributed by atoms with Gasteiger partial charge < -0.3 is 14.4 Å². The number of ether oxygens (including phenoxy) is 2. The number of benzene rings is 2. The molecule has 0 saturated heterocycles. The first-order chi connectivity index (χ1) is 15.3. The number of halogens is 1. The van der Waals surface area contributed by atoms with E-state index in [9.17, 15) is 9.59 Å². The number of esters is 1. The lowest BCUT2D eigenvalue weighted by molar-refractivity contribution is -0.131. The minimum Gasteiger partial charge on any atom is -0.444 e. The Labute approximate surface area is 191 Å². The Morgan fingerprint density at radius 1 is 1.00 bits per heavy atom. The van der Waals surface area contributed by atoms with Crippen molar-refractivity contribution < 1.29 is 19.1 Å². The van der Waals surface area contributed by atoms with Gasteiger partial charge in [-0.15, -0.1) is 0 Å². The molecule has 1 heterocycles. The lowest BCUT2D eigenvalue weighted by Gasteiger charge is -2.17. The van der Waals surface area contributed by atoms with Crippen molar-refractivity contribution in [2.24, 2.45) is 0 Å². The second kappa shape index (κ2) is 10.6. The molecule has 0 radical (unpaired) electrons. The lowest BCUT2D eigenvalue weighted by atomic mass is 10.1. The predicted molar refractivity (Wildman–Crippen MR) is 122 cm³/mol. The maximum atomic E-state index is 12.0. The molecule has 2 aromatic carbocycles. The molecule has 0 bridgehead atoms. The normalized spacial score (nSPS) is 10.4. The average Bonchev–Trinajstić information content (AvgIpc) is 2.75. The third-order valence-corrected chi connectivity index (χ3v) is 4.55. The van der Waals surface area contributed by atoms with Gasteiger partial charge in [-0.3, -0.25) is 10.1 Å². The van der Waals surface area contributed by atoms with Gasteiger partial charge in [0.15, 0.2) is 11.0 Å². The summed E-state index contributed by atoms with van der Waals surface area (Å²) in [5.74, 6) is 0.505. The molecule has 3 rings (SSSR count). The molecule has 3 aromatic rings. The number of nitrogens with one attached hydrogen (secondary N) is 1. The second-order valence-corrected chi connectivity index (χ2v) is 7.49. The van der Waals surface area contributed by atoms with Crippen LogP contribution in [0.15, 0.2) is 54.6 Å². The number of carbonyl (C=O) groups is 2. The number of amides is 1. The van der Waals surface area contributed by atoms with Crippen LogP contribution < -0.4 is 15.0 Å². The Kier molecular flexibility index (Phi) is 7.62. The predicted octanol–water partition coefficient (Wildman–Crippen LogP) is 4.46. The van der Waals surface area contributed by atoms with Crippen molar-refractivity contribution in [3.63, 3.8) is 0 Å². The van der Waals surface area contributed by atoms with Gasteiger partial charge in [0.2, 0.25) is 5.75 Å². The van der Waals surface area contributed by atoms with E-state index in [1.54, 1.807) is 31.1 Å². The number of anilines is 2. The number of hydrogen-bond donors (Lipinski definition) is 1. The first-order valence-electron chi connectivity index (χ1n) is 9.80. The largest absolute Gasteiger partial charge is 0.444 e. The first-order valence-corrected chi connectivity index (χ1v) is 10.2. The van der Waals surface area contributed by atoms with E-state index in [4.69, 9.17) is 21.1 Å². The highest BCUT2D eigenvalue weighted by Gasteiger charge is 2.18. The Morgan fingerprint density at radius 2 is 1.69 bits per heavy atom. The van der Waals surface area contributed by atoms with Crippen molar-refractivity contribution in [3.05, 3.63) is 76.7 Å². The molecule has 0 aliphatic heterocycles. The lowest BCUT2D eigenvalue weighted by Crippen LogP contribution is -2.16. The summed E-state index contributed by atoms with van der Waals surface area (Å²) >= 11 is 6.23. The van der Waals surface area contributed by atoms with Gasteiger partial charge in [-0.05, 0) is 23.3 Å². The number of hydrogen-bond acceptors (Lipinski definition) is 7. The van der Waals surface area contributed by atoms with E-state index in [2.05, 4.69) is 15.3 Å². The molecule has 1 aromatic heterocycles. The summed E-state index contributed by atoms with van der Waals surface area (Å²) in [6, 6.07) is 16.7. The zero-order valence-corrected chi connectivity index (χ0v) is 18.7. The van der Waals surface area contributed by atoms with Crippen LogP contribution in [0.5, 0.6) is 5.75 Å². The van der Waals surface area contributed by atoms with Crippen LogP contribution >= 0.6 is 11.6 Å². The molecule has 0 fully saturated rings. The van der Waals surface area contributed by atoms with Crippen molar-refractivity contribution in [2.45, 2.75) is 20.0 Å². The fraction of sp³-hybridized carbons (Fsp3) is 0.217. The molecule has 9 heteroatoms. The maximum Gasteiger partial charge on any atom is 0.411 e. The van der Waals surface area contributed by atoms with E-state index in [0.29, 0.717) is 23.8 Å². The quantitative estimate of drug-likeness (QED) is 0.416. The van der Waals surface area contributed by atoms with Crippen molar-refractivity contribution in [1.29, 1.82) is 0 Å². The molecule has 0 atom stereocenters. The van der Waals surface area contributed by atoms with Crippen LogP contribution in [-0.4, -0.2) is 36.1 Å². The molecule has 0 spiro atoms. The highest BCUT2D eigenvalue weighted by atomic mass is 35.5. The molecule has 8 nitrogen and oxygen atoms in total. The van der Waals surface area contributed by atoms with Crippen LogP contribution in [0.2, 0.25) is 5.15 Å². The smallest absolute Gasteiger partial charge is 0.411 e. The zero-order valence-electron chi connectivity index (χ0n) is 18.0. The van der Waals surface area contributed by atoms with Gasteiger partial charge in [-0.25, -0.2) is 14.8 Å². The molecule has 32 heavy (non-hydrogen) atoms. The summed E-state index contributed by atoms with van der Waals surface area (Å²) < 4.78 is 10.4. The molecule has 0 aliphatic rings. The van der Waals surface area contributed by atoms with Gasteiger partial charge >= 0.3 is 12.1 Å².